The van der Waals surface area contributed by atoms with Gasteiger partial charge in [0.05, 0.1) is 13.7 Å². The molecule has 0 spiro atoms. The molecule has 1 aliphatic rings. The Labute approximate surface area is 118 Å². The molecular weight excluding hydrogens is 258 g/mol. The van der Waals surface area contributed by atoms with Gasteiger partial charge in [0.2, 0.25) is 5.91 Å². The van der Waals surface area contributed by atoms with Crippen LogP contribution in [0.25, 0.3) is 0 Å². The average molecular weight is 277 g/mol. The molecule has 1 amide bonds. The summed E-state index contributed by atoms with van der Waals surface area (Å²) in [6.07, 6.45) is 8.15. The van der Waals surface area contributed by atoms with Crippen molar-refractivity contribution in [3.63, 3.8) is 0 Å². The normalized spacial score (nSPS) is 19.1. The van der Waals surface area contributed by atoms with Gasteiger partial charge in [0.25, 0.3) is 11.8 Å². The van der Waals surface area contributed by atoms with Crippen LogP contribution in [0.5, 0.6) is 11.8 Å². The molecule has 0 N–H and O–H groups in total. The van der Waals surface area contributed by atoms with Crippen molar-refractivity contribution in [2.75, 3.05) is 20.2 Å². The Kier molecular flexibility index (Phi) is 4.92. The number of likely N-dealkylation sites (tertiary alicyclic amines) is 1. The van der Waals surface area contributed by atoms with E-state index >= 15 is 0 Å². The second kappa shape index (κ2) is 6.88. The number of allylic oxidation sites excluding steroid dienone is 1. The lowest BCUT2D eigenvalue weighted by atomic mass is 10.1. The number of rotatable bonds is 4. The van der Waals surface area contributed by atoms with Crippen molar-refractivity contribution < 1.29 is 14.3 Å². The number of ether oxygens (including phenoxy) is 2. The number of hydrogen-bond donors (Lipinski definition) is 0. The molecular formula is C14H19N3O3. The highest BCUT2D eigenvalue weighted by atomic mass is 16.5. The predicted octanol–water partition coefficient (Wildman–Crippen LogP) is 1.43. The lowest BCUT2D eigenvalue weighted by Gasteiger charge is -2.32. The van der Waals surface area contributed by atoms with E-state index in [1.165, 1.54) is 7.11 Å². The molecule has 20 heavy (non-hydrogen) atoms. The standard InChI is InChI=1S/C14H19N3O3/c1-3-5-12(18)17-9-4-6-11(10-17)20-14-13(19-2)15-7-8-16-14/h3,5,7-8,11H,4,6,9-10H2,1-2H3/b5-3+/t11-/m0/s1. The van der Waals surface area contributed by atoms with E-state index in [-0.39, 0.29) is 12.0 Å². The van der Waals surface area contributed by atoms with Gasteiger partial charge in [0, 0.05) is 18.9 Å². The van der Waals surface area contributed by atoms with Crippen LogP contribution in [0.15, 0.2) is 24.5 Å². The molecule has 2 heterocycles. The van der Waals surface area contributed by atoms with Crippen LogP contribution in [-0.4, -0.2) is 47.1 Å². The summed E-state index contributed by atoms with van der Waals surface area (Å²) in [5, 5.41) is 0. The highest BCUT2D eigenvalue weighted by molar-refractivity contribution is 5.87. The molecule has 1 aromatic heterocycles. The van der Waals surface area contributed by atoms with Crippen LogP contribution in [0.4, 0.5) is 0 Å². The lowest BCUT2D eigenvalue weighted by molar-refractivity contribution is -0.128. The maximum Gasteiger partial charge on any atom is 0.278 e. The Bertz CT molecular complexity index is 490. The van der Waals surface area contributed by atoms with Gasteiger partial charge in [0.1, 0.15) is 6.10 Å². The first-order valence-electron chi connectivity index (χ1n) is 6.68. The summed E-state index contributed by atoms with van der Waals surface area (Å²) in [6.45, 7) is 3.16. The molecule has 0 saturated carbocycles. The van der Waals surface area contributed by atoms with Crippen LogP contribution < -0.4 is 9.47 Å². The summed E-state index contributed by atoms with van der Waals surface area (Å²) in [4.78, 5) is 21.8. The van der Waals surface area contributed by atoms with Gasteiger partial charge in [-0.3, -0.25) is 4.79 Å². The zero-order valence-electron chi connectivity index (χ0n) is 11.8. The van der Waals surface area contributed by atoms with Crippen molar-refractivity contribution in [1.29, 1.82) is 0 Å². The van der Waals surface area contributed by atoms with E-state index < -0.39 is 0 Å². The van der Waals surface area contributed by atoms with E-state index in [0.717, 1.165) is 19.4 Å². The Morgan fingerprint density at radius 2 is 2.15 bits per heavy atom. The number of methoxy groups -OCH3 is 1. The van der Waals surface area contributed by atoms with Gasteiger partial charge in [-0.2, -0.15) is 0 Å². The maximum atomic E-state index is 11.9. The largest absolute Gasteiger partial charge is 0.477 e. The first-order chi connectivity index (χ1) is 9.74. The zero-order valence-corrected chi connectivity index (χ0v) is 11.8. The Balaban J connectivity index is 2.01. The summed E-state index contributed by atoms with van der Waals surface area (Å²) in [6, 6.07) is 0. The number of nitrogens with zero attached hydrogens (tertiary/aromatic N) is 3. The summed E-state index contributed by atoms with van der Waals surface area (Å²) in [7, 11) is 1.53. The molecule has 6 heteroatoms. The van der Waals surface area contributed by atoms with Gasteiger partial charge in [-0.25, -0.2) is 9.97 Å². The van der Waals surface area contributed by atoms with Crippen LogP contribution in [0.3, 0.4) is 0 Å². The minimum absolute atomic E-state index is 0.0203. The van der Waals surface area contributed by atoms with E-state index in [0.29, 0.717) is 18.3 Å². The average Bonchev–Trinajstić information content (AvgIpc) is 2.48. The van der Waals surface area contributed by atoms with Crippen molar-refractivity contribution in [3.8, 4) is 11.8 Å². The fourth-order valence-electron chi connectivity index (χ4n) is 2.17. The van der Waals surface area contributed by atoms with Crippen molar-refractivity contribution in [3.05, 3.63) is 24.5 Å². The summed E-state index contributed by atoms with van der Waals surface area (Å²) >= 11 is 0. The van der Waals surface area contributed by atoms with Crippen LogP contribution >= 0.6 is 0 Å². The molecule has 0 unspecified atom stereocenters. The van der Waals surface area contributed by atoms with Crippen molar-refractivity contribution in [2.45, 2.75) is 25.9 Å². The quantitative estimate of drug-likeness (QED) is 0.779. The minimum atomic E-state index is -0.0800. The third kappa shape index (κ3) is 3.46. The zero-order chi connectivity index (χ0) is 14.4. The monoisotopic (exact) mass is 277 g/mol. The summed E-state index contributed by atoms with van der Waals surface area (Å²) in [5.74, 6) is 0.761. The van der Waals surface area contributed by atoms with Gasteiger partial charge in [-0.15, -0.1) is 0 Å². The fourth-order valence-corrected chi connectivity index (χ4v) is 2.17. The number of amides is 1. The molecule has 2 rings (SSSR count). The fraction of sp³-hybridized carbons (Fsp3) is 0.500. The van der Waals surface area contributed by atoms with Crippen LogP contribution in [0, 0.1) is 0 Å². The number of hydrogen-bond acceptors (Lipinski definition) is 5. The van der Waals surface area contributed by atoms with Gasteiger partial charge in [-0.05, 0) is 25.8 Å². The second-order valence-electron chi connectivity index (χ2n) is 4.54. The first kappa shape index (κ1) is 14.3. The Hall–Kier alpha value is -2.11. The third-order valence-corrected chi connectivity index (χ3v) is 3.10. The maximum absolute atomic E-state index is 11.9. The Morgan fingerprint density at radius 3 is 2.85 bits per heavy atom. The number of piperidine rings is 1. The number of carbonyl (C=O) groups excluding carboxylic acids is 1. The smallest absolute Gasteiger partial charge is 0.278 e. The number of aromatic nitrogens is 2. The SMILES string of the molecule is C/C=C/C(=O)N1CCC[C@H](Oc2nccnc2OC)C1. The molecule has 1 aliphatic heterocycles. The van der Waals surface area contributed by atoms with E-state index in [1.54, 1.807) is 29.4 Å². The topological polar surface area (TPSA) is 64.6 Å². The van der Waals surface area contributed by atoms with E-state index in [2.05, 4.69) is 9.97 Å². The summed E-state index contributed by atoms with van der Waals surface area (Å²) in [5.41, 5.74) is 0. The molecule has 0 aliphatic carbocycles. The lowest BCUT2D eigenvalue weighted by Crippen LogP contribution is -2.43. The van der Waals surface area contributed by atoms with Gasteiger partial charge in [0.15, 0.2) is 0 Å². The van der Waals surface area contributed by atoms with Crippen LogP contribution in [0.1, 0.15) is 19.8 Å². The molecule has 1 saturated heterocycles. The Morgan fingerprint density at radius 1 is 1.40 bits per heavy atom. The van der Waals surface area contributed by atoms with E-state index in [9.17, 15) is 4.79 Å². The third-order valence-electron chi connectivity index (χ3n) is 3.10. The molecule has 1 fully saturated rings. The van der Waals surface area contributed by atoms with Crippen molar-refractivity contribution >= 4 is 5.91 Å². The van der Waals surface area contributed by atoms with Crippen LogP contribution in [-0.2, 0) is 4.79 Å². The van der Waals surface area contributed by atoms with Crippen molar-refractivity contribution in [2.24, 2.45) is 0 Å². The predicted molar refractivity (Wildman–Crippen MR) is 73.6 cm³/mol. The highest BCUT2D eigenvalue weighted by Crippen LogP contribution is 2.23. The van der Waals surface area contributed by atoms with Gasteiger partial charge < -0.3 is 14.4 Å². The molecule has 1 aromatic rings. The first-order valence-corrected chi connectivity index (χ1v) is 6.68. The number of carbonyl (C=O) groups is 1. The minimum Gasteiger partial charge on any atom is -0.477 e. The van der Waals surface area contributed by atoms with Crippen LogP contribution in [0.2, 0.25) is 0 Å². The van der Waals surface area contributed by atoms with Gasteiger partial charge in [-0.1, -0.05) is 6.08 Å². The van der Waals surface area contributed by atoms with E-state index in [4.69, 9.17) is 9.47 Å². The second-order valence-corrected chi connectivity index (χ2v) is 4.54. The van der Waals surface area contributed by atoms with Crippen molar-refractivity contribution in [1.82, 2.24) is 14.9 Å². The molecule has 108 valence electrons. The molecule has 0 aromatic carbocycles. The summed E-state index contributed by atoms with van der Waals surface area (Å²) < 4.78 is 10.9. The molecule has 0 bridgehead atoms. The molecule has 0 radical (unpaired) electrons. The molecule has 1 atom stereocenters. The highest BCUT2D eigenvalue weighted by Gasteiger charge is 2.25. The van der Waals surface area contributed by atoms with E-state index in [1.807, 2.05) is 6.92 Å². The van der Waals surface area contributed by atoms with Gasteiger partial charge >= 0.3 is 0 Å². The molecule has 6 nitrogen and oxygen atoms in total.